The molecule has 1 fully saturated rings. The zero-order chi connectivity index (χ0) is 22.0. The maximum absolute atomic E-state index is 12.9. The maximum atomic E-state index is 12.9. The largest absolute Gasteiger partial charge is 0.404 e. The predicted octanol–water partition coefficient (Wildman–Crippen LogP) is 3.12. The molecule has 2 aromatic carbocycles. The van der Waals surface area contributed by atoms with Crippen LogP contribution in [0.5, 0.6) is 0 Å². The standard InChI is InChI=1S/C22H23ClN6O2/c1-28-20-10-14(15(12-24)13-25)2-4-18(20)27-21(22(28)30)26-16-3-5-19(17(23)11-16)29-6-8-31-9-7-29/h2-5,10-13,24H,6-9,25H2,1H3,(H,26,27)/b15-13+,24-12?. The average Bonchev–Trinajstić information content (AvgIpc) is 2.79. The number of rotatable bonds is 5. The molecule has 1 aliphatic rings. The number of anilines is 3. The molecule has 0 aliphatic carbocycles. The molecule has 2 heterocycles. The van der Waals surface area contributed by atoms with Crippen LogP contribution in [0.1, 0.15) is 5.56 Å². The second kappa shape index (κ2) is 8.79. The Hall–Kier alpha value is -3.36. The molecule has 0 saturated carbocycles. The maximum Gasteiger partial charge on any atom is 0.293 e. The van der Waals surface area contributed by atoms with Crippen molar-refractivity contribution >= 4 is 51.6 Å². The number of nitrogens with zero attached hydrogens (tertiary/aromatic N) is 3. The van der Waals surface area contributed by atoms with Gasteiger partial charge in [0, 0.05) is 43.8 Å². The lowest BCUT2D eigenvalue weighted by Gasteiger charge is -2.29. The summed E-state index contributed by atoms with van der Waals surface area (Å²) in [5, 5.41) is 11.2. The van der Waals surface area contributed by atoms with Gasteiger partial charge in [-0.15, -0.1) is 0 Å². The number of fused-ring (bicyclic) bond motifs is 1. The third-order valence-electron chi connectivity index (χ3n) is 5.31. The zero-order valence-electron chi connectivity index (χ0n) is 17.1. The second-order valence-electron chi connectivity index (χ2n) is 7.19. The quantitative estimate of drug-likeness (QED) is 0.528. The van der Waals surface area contributed by atoms with E-state index < -0.39 is 0 Å². The fourth-order valence-corrected chi connectivity index (χ4v) is 3.89. The lowest BCUT2D eigenvalue weighted by atomic mass is 10.1. The lowest BCUT2D eigenvalue weighted by Crippen LogP contribution is -2.36. The Morgan fingerprint density at radius 3 is 2.71 bits per heavy atom. The Balaban J connectivity index is 1.66. The van der Waals surface area contributed by atoms with Crippen molar-refractivity contribution in [1.82, 2.24) is 9.55 Å². The van der Waals surface area contributed by atoms with Crippen molar-refractivity contribution in [2.24, 2.45) is 12.8 Å². The molecule has 4 rings (SSSR count). The molecule has 1 aliphatic heterocycles. The summed E-state index contributed by atoms with van der Waals surface area (Å²) in [5.41, 5.74) is 9.53. The summed E-state index contributed by atoms with van der Waals surface area (Å²) < 4.78 is 6.92. The Morgan fingerprint density at radius 2 is 2.03 bits per heavy atom. The molecule has 1 saturated heterocycles. The van der Waals surface area contributed by atoms with Crippen LogP contribution >= 0.6 is 11.6 Å². The Kier molecular flexibility index (Phi) is 5.92. The Morgan fingerprint density at radius 1 is 1.26 bits per heavy atom. The summed E-state index contributed by atoms with van der Waals surface area (Å²) in [4.78, 5) is 19.6. The Labute approximate surface area is 184 Å². The minimum atomic E-state index is -0.272. The van der Waals surface area contributed by atoms with Gasteiger partial charge in [-0.2, -0.15) is 0 Å². The molecule has 4 N–H and O–H groups in total. The van der Waals surface area contributed by atoms with Crippen LogP contribution in [-0.2, 0) is 11.8 Å². The van der Waals surface area contributed by atoms with Gasteiger partial charge in [0.05, 0.1) is 35.0 Å². The van der Waals surface area contributed by atoms with Crippen LogP contribution in [-0.4, -0.2) is 42.1 Å². The summed E-state index contributed by atoms with van der Waals surface area (Å²) in [7, 11) is 1.69. The number of nitrogens with two attached hydrogens (primary N) is 1. The van der Waals surface area contributed by atoms with Crippen molar-refractivity contribution in [2.75, 3.05) is 36.5 Å². The molecule has 1 aromatic heterocycles. The van der Waals surface area contributed by atoms with Crippen molar-refractivity contribution in [1.29, 1.82) is 5.41 Å². The van der Waals surface area contributed by atoms with E-state index in [9.17, 15) is 4.79 Å². The number of hydrogen-bond acceptors (Lipinski definition) is 7. The van der Waals surface area contributed by atoms with Crippen molar-refractivity contribution in [3.63, 3.8) is 0 Å². The fraction of sp³-hybridized carbons (Fsp3) is 0.227. The third-order valence-corrected chi connectivity index (χ3v) is 5.61. The summed E-state index contributed by atoms with van der Waals surface area (Å²) in [6, 6.07) is 11.0. The monoisotopic (exact) mass is 438 g/mol. The number of aryl methyl sites for hydroxylation is 1. The molecule has 0 atom stereocenters. The average molecular weight is 439 g/mol. The normalized spacial score (nSPS) is 14.6. The number of ether oxygens (including phenoxy) is 1. The summed E-state index contributed by atoms with van der Waals surface area (Å²) in [6.45, 7) is 2.94. The van der Waals surface area contributed by atoms with Gasteiger partial charge >= 0.3 is 0 Å². The highest BCUT2D eigenvalue weighted by atomic mass is 35.5. The smallest absolute Gasteiger partial charge is 0.293 e. The van der Waals surface area contributed by atoms with E-state index in [0.717, 1.165) is 24.3 Å². The van der Waals surface area contributed by atoms with Crippen molar-refractivity contribution in [3.8, 4) is 0 Å². The van der Waals surface area contributed by atoms with Gasteiger partial charge in [0.25, 0.3) is 5.56 Å². The topological polar surface area (TPSA) is 109 Å². The first kappa shape index (κ1) is 20.9. The highest BCUT2D eigenvalue weighted by Gasteiger charge is 2.15. The van der Waals surface area contributed by atoms with Gasteiger partial charge < -0.3 is 30.7 Å². The first-order valence-corrected chi connectivity index (χ1v) is 10.2. The fourth-order valence-electron chi connectivity index (χ4n) is 3.59. The molecule has 0 radical (unpaired) electrons. The van der Waals surface area contributed by atoms with Gasteiger partial charge in [-0.25, -0.2) is 4.98 Å². The van der Waals surface area contributed by atoms with E-state index in [0.29, 0.717) is 40.5 Å². The Bertz CT molecular complexity index is 1230. The molecular formula is C22H23ClN6O2. The van der Waals surface area contributed by atoms with E-state index in [1.165, 1.54) is 17.0 Å². The van der Waals surface area contributed by atoms with E-state index in [-0.39, 0.29) is 11.4 Å². The number of allylic oxidation sites excluding steroid dienone is 1. The van der Waals surface area contributed by atoms with Crippen LogP contribution in [0.3, 0.4) is 0 Å². The molecular weight excluding hydrogens is 416 g/mol. The first-order chi connectivity index (χ1) is 15.0. The van der Waals surface area contributed by atoms with E-state index >= 15 is 0 Å². The van der Waals surface area contributed by atoms with Crippen LogP contribution < -0.4 is 21.5 Å². The minimum Gasteiger partial charge on any atom is -0.404 e. The third kappa shape index (κ3) is 4.12. The van der Waals surface area contributed by atoms with Crippen molar-refractivity contribution in [3.05, 3.63) is 63.5 Å². The number of morpholine rings is 1. The van der Waals surface area contributed by atoms with E-state index in [4.69, 9.17) is 27.5 Å². The van der Waals surface area contributed by atoms with Gasteiger partial charge in [-0.1, -0.05) is 17.7 Å². The van der Waals surface area contributed by atoms with Crippen LogP contribution in [0.2, 0.25) is 5.02 Å². The lowest BCUT2D eigenvalue weighted by molar-refractivity contribution is 0.122. The van der Waals surface area contributed by atoms with Gasteiger partial charge in [-0.3, -0.25) is 4.79 Å². The van der Waals surface area contributed by atoms with Crippen LogP contribution in [0.4, 0.5) is 17.2 Å². The number of aromatic nitrogens is 2. The van der Waals surface area contributed by atoms with Crippen LogP contribution in [0, 0.1) is 5.41 Å². The van der Waals surface area contributed by atoms with Crippen molar-refractivity contribution < 1.29 is 4.74 Å². The molecule has 0 unspecified atom stereocenters. The molecule has 0 bridgehead atoms. The number of benzene rings is 2. The van der Waals surface area contributed by atoms with Crippen LogP contribution in [0.25, 0.3) is 16.6 Å². The summed E-state index contributed by atoms with van der Waals surface area (Å²) >= 11 is 6.51. The van der Waals surface area contributed by atoms with Gasteiger partial charge in [0.1, 0.15) is 0 Å². The van der Waals surface area contributed by atoms with E-state index in [1.807, 2.05) is 18.2 Å². The molecule has 3 aromatic rings. The highest BCUT2D eigenvalue weighted by Crippen LogP contribution is 2.30. The van der Waals surface area contributed by atoms with Gasteiger partial charge in [0.2, 0.25) is 0 Å². The van der Waals surface area contributed by atoms with E-state index in [2.05, 4.69) is 15.2 Å². The number of nitrogens with one attached hydrogen (secondary N) is 2. The predicted molar refractivity (Wildman–Crippen MR) is 126 cm³/mol. The number of hydrogen-bond donors (Lipinski definition) is 3. The molecule has 9 heteroatoms. The van der Waals surface area contributed by atoms with Crippen molar-refractivity contribution in [2.45, 2.75) is 0 Å². The van der Waals surface area contributed by atoms with Gasteiger partial charge in [0.15, 0.2) is 5.82 Å². The second-order valence-corrected chi connectivity index (χ2v) is 7.59. The molecule has 0 spiro atoms. The van der Waals surface area contributed by atoms with E-state index in [1.54, 1.807) is 25.2 Å². The minimum absolute atomic E-state index is 0.208. The highest BCUT2D eigenvalue weighted by molar-refractivity contribution is 6.33. The summed E-state index contributed by atoms with van der Waals surface area (Å²) in [5.74, 6) is 0.208. The molecule has 160 valence electrons. The molecule has 8 nitrogen and oxygen atoms in total. The van der Waals surface area contributed by atoms with Crippen LogP contribution in [0.15, 0.2) is 47.4 Å². The SMILES string of the molecule is Cn1c(=O)c(Nc2ccc(N3CCOCC3)c(Cl)c2)nc2ccc(/C(C=N)=C/N)cc21. The first-order valence-electron chi connectivity index (χ1n) is 9.84. The molecule has 0 amide bonds. The van der Waals surface area contributed by atoms with Gasteiger partial charge in [-0.05, 0) is 35.9 Å². The zero-order valence-corrected chi connectivity index (χ0v) is 17.8. The number of halogens is 1. The molecule has 31 heavy (non-hydrogen) atoms. The summed E-state index contributed by atoms with van der Waals surface area (Å²) in [6.07, 6.45) is 2.53.